The second-order valence-electron chi connectivity index (χ2n) is 3.83. The number of hydrogen-bond donors (Lipinski definition) is 1. The first-order chi connectivity index (χ1) is 8.38. The van der Waals surface area contributed by atoms with Gasteiger partial charge in [0.25, 0.3) is 0 Å². The van der Waals surface area contributed by atoms with Gasteiger partial charge in [0.05, 0.1) is 5.75 Å². The van der Waals surface area contributed by atoms with E-state index in [0.717, 1.165) is 12.1 Å². The Morgan fingerprint density at radius 3 is 2.28 bits per heavy atom. The van der Waals surface area contributed by atoms with E-state index in [4.69, 9.17) is 10.5 Å². The lowest BCUT2D eigenvalue weighted by atomic mass is 10.3. The Balaban J connectivity index is 2.92. The van der Waals surface area contributed by atoms with E-state index in [9.17, 15) is 17.2 Å². The maximum absolute atomic E-state index is 13.5. The van der Waals surface area contributed by atoms with Gasteiger partial charge in [-0.25, -0.2) is 17.2 Å². The van der Waals surface area contributed by atoms with E-state index < -0.39 is 26.4 Å². The first-order valence-corrected chi connectivity index (χ1v) is 7.00. The van der Waals surface area contributed by atoms with E-state index in [-0.39, 0.29) is 17.9 Å². The standard InChI is InChI=1S/C11H15F2NO3S/c1-17-4-2-3-5-18(15,16)11-9(12)6-8(14)7-10(11)13/h6-7H,2-5,14H2,1H3. The minimum Gasteiger partial charge on any atom is -0.399 e. The van der Waals surface area contributed by atoms with Gasteiger partial charge in [0, 0.05) is 19.4 Å². The number of unbranched alkanes of at least 4 members (excludes halogenated alkanes) is 1. The SMILES string of the molecule is COCCCCS(=O)(=O)c1c(F)cc(N)cc1F. The van der Waals surface area contributed by atoms with Crippen molar-refractivity contribution < 1.29 is 21.9 Å². The largest absolute Gasteiger partial charge is 0.399 e. The van der Waals surface area contributed by atoms with Crippen LogP contribution in [0.4, 0.5) is 14.5 Å². The highest BCUT2D eigenvalue weighted by molar-refractivity contribution is 7.91. The fraction of sp³-hybridized carbons (Fsp3) is 0.455. The fourth-order valence-corrected chi connectivity index (χ4v) is 3.02. The second kappa shape index (κ2) is 6.10. The van der Waals surface area contributed by atoms with Crippen LogP contribution in [0.5, 0.6) is 0 Å². The topological polar surface area (TPSA) is 69.4 Å². The third-order valence-corrected chi connectivity index (χ3v) is 4.18. The Kier molecular flexibility index (Phi) is 5.03. The lowest BCUT2D eigenvalue weighted by molar-refractivity contribution is 0.194. The summed E-state index contributed by atoms with van der Waals surface area (Å²) in [5.41, 5.74) is 5.07. The Morgan fingerprint density at radius 2 is 1.78 bits per heavy atom. The Bertz CT molecular complexity index is 494. The van der Waals surface area contributed by atoms with Gasteiger partial charge >= 0.3 is 0 Å². The van der Waals surface area contributed by atoms with Gasteiger partial charge in [-0.2, -0.15) is 0 Å². The van der Waals surface area contributed by atoms with Gasteiger partial charge < -0.3 is 10.5 Å². The number of rotatable bonds is 6. The van der Waals surface area contributed by atoms with Crippen molar-refractivity contribution >= 4 is 15.5 Å². The van der Waals surface area contributed by atoms with Crippen molar-refractivity contribution in [2.75, 3.05) is 25.2 Å². The maximum Gasteiger partial charge on any atom is 0.184 e. The van der Waals surface area contributed by atoms with Crippen molar-refractivity contribution in [2.45, 2.75) is 17.7 Å². The number of ether oxygens (including phenoxy) is 1. The number of hydrogen-bond acceptors (Lipinski definition) is 4. The highest BCUT2D eigenvalue weighted by Gasteiger charge is 2.24. The molecule has 0 aromatic heterocycles. The van der Waals surface area contributed by atoms with Crippen LogP contribution < -0.4 is 5.73 Å². The van der Waals surface area contributed by atoms with Gasteiger partial charge in [-0.15, -0.1) is 0 Å². The average molecular weight is 279 g/mol. The van der Waals surface area contributed by atoms with E-state index in [1.807, 2.05) is 0 Å². The number of nitrogen functional groups attached to an aromatic ring is 1. The summed E-state index contributed by atoms with van der Waals surface area (Å²) in [6.07, 6.45) is 0.785. The van der Waals surface area contributed by atoms with Crippen LogP contribution >= 0.6 is 0 Å². The molecule has 7 heteroatoms. The zero-order valence-corrected chi connectivity index (χ0v) is 10.8. The molecular weight excluding hydrogens is 264 g/mol. The lowest BCUT2D eigenvalue weighted by Crippen LogP contribution is -2.12. The third-order valence-electron chi connectivity index (χ3n) is 2.34. The minimum atomic E-state index is -3.98. The number of halogens is 2. The zero-order valence-electron chi connectivity index (χ0n) is 9.95. The van der Waals surface area contributed by atoms with Gasteiger partial charge in [-0.1, -0.05) is 0 Å². The summed E-state index contributed by atoms with van der Waals surface area (Å²) in [4.78, 5) is -0.908. The highest BCUT2D eigenvalue weighted by Crippen LogP contribution is 2.23. The zero-order chi connectivity index (χ0) is 13.8. The molecule has 0 saturated heterocycles. The normalized spacial score (nSPS) is 11.7. The molecule has 0 fully saturated rings. The van der Waals surface area contributed by atoms with Crippen LogP contribution in [-0.4, -0.2) is 27.9 Å². The first-order valence-electron chi connectivity index (χ1n) is 5.34. The van der Waals surface area contributed by atoms with Gasteiger partial charge in [0.15, 0.2) is 9.84 Å². The molecule has 1 aromatic carbocycles. The third kappa shape index (κ3) is 3.64. The van der Waals surface area contributed by atoms with Gasteiger partial charge in [0.2, 0.25) is 0 Å². The molecule has 0 saturated carbocycles. The van der Waals surface area contributed by atoms with Gasteiger partial charge in [0.1, 0.15) is 16.5 Å². The van der Waals surface area contributed by atoms with Crippen molar-refractivity contribution in [3.8, 4) is 0 Å². The lowest BCUT2D eigenvalue weighted by Gasteiger charge is -2.07. The van der Waals surface area contributed by atoms with Crippen LogP contribution in [0.3, 0.4) is 0 Å². The average Bonchev–Trinajstić information content (AvgIpc) is 2.22. The highest BCUT2D eigenvalue weighted by atomic mass is 32.2. The summed E-state index contributed by atoms with van der Waals surface area (Å²) in [5.74, 6) is -2.63. The monoisotopic (exact) mass is 279 g/mol. The Labute approximate surface area is 105 Å². The number of sulfone groups is 1. The molecule has 0 amide bonds. The Hall–Kier alpha value is -1.21. The van der Waals surface area contributed by atoms with Crippen LogP contribution in [0.2, 0.25) is 0 Å². The van der Waals surface area contributed by atoms with Gasteiger partial charge in [-0.3, -0.25) is 0 Å². The van der Waals surface area contributed by atoms with Crippen molar-refractivity contribution in [2.24, 2.45) is 0 Å². The smallest absolute Gasteiger partial charge is 0.184 e. The van der Waals surface area contributed by atoms with Crippen molar-refractivity contribution in [3.05, 3.63) is 23.8 Å². The number of nitrogens with two attached hydrogens (primary N) is 1. The molecule has 18 heavy (non-hydrogen) atoms. The van der Waals surface area contributed by atoms with Crippen LogP contribution in [-0.2, 0) is 14.6 Å². The molecule has 0 spiro atoms. The minimum absolute atomic E-state index is 0.150. The van der Waals surface area contributed by atoms with E-state index in [1.165, 1.54) is 7.11 Å². The Morgan fingerprint density at radius 1 is 1.22 bits per heavy atom. The molecule has 102 valence electrons. The first kappa shape index (κ1) is 14.8. The van der Waals surface area contributed by atoms with Crippen LogP contribution in [0.25, 0.3) is 0 Å². The molecular formula is C11H15F2NO3S. The van der Waals surface area contributed by atoms with Crippen LogP contribution in [0, 0.1) is 11.6 Å². The summed E-state index contributed by atoms with van der Waals surface area (Å²) in [6, 6.07) is 1.59. The number of anilines is 1. The van der Waals surface area contributed by atoms with E-state index in [2.05, 4.69) is 0 Å². The molecule has 4 nitrogen and oxygen atoms in total. The molecule has 0 bridgehead atoms. The number of methoxy groups -OCH3 is 1. The van der Waals surface area contributed by atoms with Crippen molar-refractivity contribution in [1.82, 2.24) is 0 Å². The summed E-state index contributed by atoms with van der Waals surface area (Å²) < 4.78 is 55.3. The quantitative estimate of drug-likeness (QED) is 0.636. The predicted octanol–water partition coefficient (Wildman–Crippen LogP) is 1.75. The van der Waals surface area contributed by atoms with E-state index >= 15 is 0 Å². The van der Waals surface area contributed by atoms with Gasteiger partial charge in [-0.05, 0) is 25.0 Å². The molecule has 0 aliphatic rings. The molecule has 0 radical (unpaired) electrons. The molecule has 0 aliphatic heterocycles. The van der Waals surface area contributed by atoms with E-state index in [0.29, 0.717) is 13.0 Å². The van der Waals surface area contributed by atoms with Crippen molar-refractivity contribution in [1.29, 1.82) is 0 Å². The summed E-state index contributed by atoms with van der Waals surface area (Å²) >= 11 is 0. The molecule has 1 aromatic rings. The number of benzene rings is 1. The molecule has 2 N–H and O–H groups in total. The molecule has 1 rings (SSSR count). The predicted molar refractivity (Wildman–Crippen MR) is 63.9 cm³/mol. The second-order valence-corrected chi connectivity index (χ2v) is 5.88. The summed E-state index contributed by atoms with van der Waals surface area (Å²) in [6.45, 7) is 0.405. The molecule has 0 atom stereocenters. The van der Waals surface area contributed by atoms with Crippen LogP contribution in [0.1, 0.15) is 12.8 Å². The molecule has 0 unspecified atom stereocenters. The fourth-order valence-electron chi connectivity index (χ4n) is 1.52. The summed E-state index contributed by atoms with van der Waals surface area (Å²) in [7, 11) is -2.49. The molecule has 0 heterocycles. The summed E-state index contributed by atoms with van der Waals surface area (Å²) in [5, 5.41) is 0. The van der Waals surface area contributed by atoms with Crippen LogP contribution in [0.15, 0.2) is 17.0 Å². The molecule has 0 aliphatic carbocycles. The maximum atomic E-state index is 13.5. The van der Waals surface area contributed by atoms with E-state index in [1.54, 1.807) is 0 Å². The van der Waals surface area contributed by atoms with Crippen molar-refractivity contribution in [3.63, 3.8) is 0 Å².